The molecule has 0 unspecified atom stereocenters. The van der Waals surface area contributed by atoms with Crippen molar-refractivity contribution in [2.75, 3.05) is 11.8 Å². The topological polar surface area (TPSA) is 136 Å². The van der Waals surface area contributed by atoms with Crippen LogP contribution < -0.4 is 4.72 Å². The van der Waals surface area contributed by atoms with Gasteiger partial charge in [0.25, 0.3) is 15.9 Å². The van der Waals surface area contributed by atoms with E-state index in [2.05, 4.69) is 20.0 Å². The molecule has 49 heavy (non-hydrogen) atoms. The molecule has 0 fully saturated rings. The number of rotatable bonds is 9. The molecule has 3 aromatic carbocycles. The van der Waals surface area contributed by atoms with Gasteiger partial charge in [-0.05, 0) is 67.4 Å². The van der Waals surface area contributed by atoms with Gasteiger partial charge in [-0.25, -0.2) is 22.8 Å². The maximum absolute atomic E-state index is 14.4. The normalized spacial score (nSPS) is 11.9. The number of aryl methyl sites for hydroxylation is 1. The molecule has 0 spiro atoms. The third-order valence-corrected chi connectivity index (χ3v) is 9.37. The number of amides is 1. The van der Waals surface area contributed by atoms with Crippen molar-refractivity contribution in [2.45, 2.75) is 31.5 Å². The molecule has 6 aromatic rings. The summed E-state index contributed by atoms with van der Waals surface area (Å²) >= 11 is 5.92. The monoisotopic (exact) mass is 710 g/mol. The summed E-state index contributed by atoms with van der Waals surface area (Å²) in [5, 5.41) is 8.01. The fourth-order valence-corrected chi connectivity index (χ4v) is 6.58. The molecule has 0 aliphatic rings. The fourth-order valence-electron chi connectivity index (χ4n) is 5.19. The summed E-state index contributed by atoms with van der Waals surface area (Å²) in [6.07, 6.45) is -1.27. The summed E-state index contributed by atoms with van der Waals surface area (Å²) in [6, 6.07) is 16.6. The Morgan fingerprint density at radius 1 is 1.04 bits per heavy atom. The maximum Gasteiger partial charge on any atom is 0.434 e. The zero-order valence-electron chi connectivity index (χ0n) is 26.0. The van der Waals surface area contributed by atoms with E-state index in [4.69, 9.17) is 20.5 Å². The number of hydrogen-bond acceptors (Lipinski definition) is 8. The van der Waals surface area contributed by atoms with Gasteiger partial charge in [0.05, 0.1) is 34.2 Å². The number of sulfonamides is 1. The standard InChI is InChI=1S/C33H26ClF3N6O5S/c1-19-20(2)40-48-30(19)41-49(45,46)28-7-5-4-6-26(28)25-13-8-21(31-38-14-15-47-31)16-22(25)18-42(3)32(44)27-17-39-43(29(27)33(35,36)37)24-11-9-23(34)10-12-24/h4-17,41H,18H2,1-3H3. The Labute approximate surface area is 283 Å². The lowest BCUT2D eigenvalue weighted by atomic mass is 9.96. The molecule has 11 nitrogen and oxygen atoms in total. The highest BCUT2D eigenvalue weighted by atomic mass is 35.5. The van der Waals surface area contributed by atoms with Gasteiger partial charge in [-0.15, -0.1) is 0 Å². The van der Waals surface area contributed by atoms with Gasteiger partial charge in [-0.3, -0.25) is 4.79 Å². The van der Waals surface area contributed by atoms with Crippen LogP contribution in [0.4, 0.5) is 19.1 Å². The highest BCUT2D eigenvalue weighted by Gasteiger charge is 2.41. The Hall–Kier alpha value is -5.41. The van der Waals surface area contributed by atoms with Crippen molar-refractivity contribution in [3.63, 3.8) is 0 Å². The first-order valence-electron chi connectivity index (χ1n) is 14.5. The molecule has 0 atom stereocenters. The van der Waals surface area contributed by atoms with Gasteiger partial charge in [-0.1, -0.05) is 41.0 Å². The predicted octanol–water partition coefficient (Wildman–Crippen LogP) is 7.54. The van der Waals surface area contributed by atoms with Gasteiger partial charge in [0.2, 0.25) is 11.8 Å². The number of benzene rings is 3. The zero-order valence-corrected chi connectivity index (χ0v) is 27.6. The molecule has 0 aliphatic heterocycles. The van der Waals surface area contributed by atoms with Crippen LogP contribution in [0, 0.1) is 13.8 Å². The Bertz CT molecular complexity index is 2270. The van der Waals surface area contributed by atoms with E-state index in [1.54, 1.807) is 50.2 Å². The lowest BCUT2D eigenvalue weighted by Crippen LogP contribution is -2.29. The van der Waals surface area contributed by atoms with Crippen LogP contribution in [0.3, 0.4) is 0 Å². The highest BCUT2D eigenvalue weighted by molar-refractivity contribution is 7.92. The summed E-state index contributed by atoms with van der Waals surface area (Å²) in [4.78, 5) is 18.9. The molecule has 252 valence electrons. The molecular weight excluding hydrogens is 685 g/mol. The minimum absolute atomic E-state index is 0.0447. The van der Waals surface area contributed by atoms with E-state index >= 15 is 0 Å². The number of hydrogen-bond donors (Lipinski definition) is 1. The second-order valence-electron chi connectivity index (χ2n) is 11.0. The Morgan fingerprint density at radius 3 is 2.43 bits per heavy atom. The molecular formula is C33H26ClF3N6O5S. The molecule has 0 radical (unpaired) electrons. The average Bonchev–Trinajstić information content (AvgIpc) is 3.83. The summed E-state index contributed by atoms with van der Waals surface area (Å²) in [5.41, 5.74) is 0.648. The van der Waals surface area contributed by atoms with E-state index in [-0.39, 0.29) is 34.5 Å². The van der Waals surface area contributed by atoms with E-state index in [1.807, 2.05) is 0 Å². The molecule has 0 saturated carbocycles. The SMILES string of the molecule is Cc1noc(NS(=O)(=O)c2ccccc2-c2ccc(-c3ncco3)cc2CN(C)C(=O)c2cnn(-c3ccc(Cl)cc3)c2C(F)(F)F)c1C. The molecule has 1 amide bonds. The summed E-state index contributed by atoms with van der Waals surface area (Å²) < 4.78 is 84.4. The van der Waals surface area contributed by atoms with Crippen LogP contribution in [0.1, 0.15) is 32.9 Å². The van der Waals surface area contributed by atoms with Gasteiger partial charge in [0.1, 0.15) is 6.26 Å². The third-order valence-electron chi connectivity index (χ3n) is 7.73. The maximum atomic E-state index is 14.4. The first kappa shape index (κ1) is 33.5. The van der Waals surface area contributed by atoms with Crippen LogP contribution in [-0.2, 0) is 22.7 Å². The van der Waals surface area contributed by atoms with Crippen molar-refractivity contribution in [3.8, 4) is 28.3 Å². The Balaban J connectivity index is 1.41. The number of oxazole rings is 1. The van der Waals surface area contributed by atoms with Gasteiger partial charge >= 0.3 is 6.18 Å². The number of nitrogens with one attached hydrogen (secondary N) is 1. The number of aromatic nitrogens is 4. The first-order chi connectivity index (χ1) is 23.2. The molecule has 16 heteroatoms. The predicted molar refractivity (Wildman–Crippen MR) is 174 cm³/mol. The molecule has 3 heterocycles. The number of nitrogens with zero attached hydrogens (tertiary/aromatic N) is 5. The van der Waals surface area contributed by atoms with Crippen molar-refractivity contribution in [2.24, 2.45) is 0 Å². The van der Waals surface area contributed by atoms with Crippen molar-refractivity contribution in [3.05, 3.63) is 118 Å². The number of carbonyl (C=O) groups is 1. The Kier molecular flexibility index (Phi) is 8.81. The van der Waals surface area contributed by atoms with Crippen LogP contribution in [0.2, 0.25) is 5.02 Å². The lowest BCUT2D eigenvalue weighted by molar-refractivity contribution is -0.143. The van der Waals surface area contributed by atoms with Crippen molar-refractivity contribution in [1.82, 2.24) is 24.8 Å². The number of alkyl halides is 3. The largest absolute Gasteiger partial charge is 0.445 e. The molecule has 6 rings (SSSR count). The smallest absolute Gasteiger partial charge is 0.434 e. The first-order valence-corrected chi connectivity index (χ1v) is 16.3. The highest BCUT2D eigenvalue weighted by Crippen LogP contribution is 2.37. The Morgan fingerprint density at radius 2 is 1.78 bits per heavy atom. The third kappa shape index (κ3) is 6.67. The molecule has 0 aliphatic carbocycles. The van der Waals surface area contributed by atoms with Gasteiger partial charge < -0.3 is 13.8 Å². The van der Waals surface area contributed by atoms with E-state index in [9.17, 15) is 26.4 Å². The molecule has 0 saturated heterocycles. The summed E-state index contributed by atoms with van der Waals surface area (Å²) in [6.45, 7) is 3.09. The van der Waals surface area contributed by atoms with Crippen molar-refractivity contribution in [1.29, 1.82) is 0 Å². The minimum Gasteiger partial charge on any atom is -0.445 e. The van der Waals surface area contributed by atoms with Crippen LogP contribution in [0.5, 0.6) is 0 Å². The minimum atomic E-state index is -4.95. The van der Waals surface area contributed by atoms with E-state index in [0.717, 1.165) is 11.1 Å². The van der Waals surface area contributed by atoms with Crippen LogP contribution in [-0.4, -0.2) is 46.2 Å². The lowest BCUT2D eigenvalue weighted by Gasteiger charge is -2.22. The number of halogens is 4. The number of carbonyl (C=O) groups excluding carboxylic acids is 1. The van der Waals surface area contributed by atoms with E-state index in [1.165, 1.54) is 49.8 Å². The zero-order chi connectivity index (χ0) is 35.1. The van der Waals surface area contributed by atoms with Gasteiger partial charge in [0.15, 0.2) is 5.69 Å². The molecule has 1 N–H and O–H groups in total. The van der Waals surface area contributed by atoms with Gasteiger partial charge in [0, 0.05) is 35.3 Å². The molecule has 3 aromatic heterocycles. The van der Waals surface area contributed by atoms with Crippen LogP contribution >= 0.6 is 11.6 Å². The van der Waals surface area contributed by atoms with E-state index < -0.39 is 33.4 Å². The summed E-state index contributed by atoms with van der Waals surface area (Å²) in [5.74, 6) is -0.778. The van der Waals surface area contributed by atoms with Crippen LogP contribution in [0.15, 0.2) is 99.2 Å². The summed E-state index contributed by atoms with van der Waals surface area (Å²) in [7, 11) is -2.91. The van der Waals surface area contributed by atoms with E-state index in [0.29, 0.717) is 37.7 Å². The number of anilines is 1. The molecule has 0 bridgehead atoms. The van der Waals surface area contributed by atoms with Crippen molar-refractivity contribution < 1.29 is 35.3 Å². The quantitative estimate of drug-likeness (QED) is 0.163. The fraction of sp³-hybridized carbons (Fsp3) is 0.152. The van der Waals surface area contributed by atoms with Crippen molar-refractivity contribution >= 4 is 33.4 Å². The average molecular weight is 711 g/mol. The second-order valence-corrected chi connectivity index (χ2v) is 13.1. The van der Waals surface area contributed by atoms with Gasteiger partial charge in [-0.2, -0.15) is 18.3 Å². The van der Waals surface area contributed by atoms with Crippen LogP contribution in [0.25, 0.3) is 28.3 Å². The second kappa shape index (κ2) is 12.9.